The predicted molar refractivity (Wildman–Crippen MR) is 68.9 cm³/mol. The van der Waals surface area contributed by atoms with E-state index in [4.69, 9.17) is 0 Å². The van der Waals surface area contributed by atoms with Crippen molar-refractivity contribution in [3.05, 3.63) is 71.9 Å². The maximum atomic E-state index is 2.45. The lowest BCUT2D eigenvalue weighted by Crippen LogP contribution is -2.21. The van der Waals surface area contributed by atoms with Gasteiger partial charge in [-0.3, -0.25) is 0 Å². The van der Waals surface area contributed by atoms with Gasteiger partial charge in [0.15, 0.2) is 0 Å². The maximum Gasteiger partial charge on any atom is -0.00926 e. The van der Waals surface area contributed by atoms with Crippen LogP contribution in [0.2, 0.25) is 0 Å². The highest BCUT2D eigenvalue weighted by Crippen LogP contribution is 2.49. The zero-order valence-corrected chi connectivity index (χ0v) is 9.34. The first-order valence-electron chi connectivity index (χ1n) is 6.05. The van der Waals surface area contributed by atoms with Crippen LogP contribution in [0, 0.1) is 11.8 Å². The molecule has 2 atom stereocenters. The van der Waals surface area contributed by atoms with Gasteiger partial charge in [0.1, 0.15) is 0 Å². The molecule has 0 aliphatic heterocycles. The van der Waals surface area contributed by atoms with Gasteiger partial charge in [0, 0.05) is 0 Å². The van der Waals surface area contributed by atoms with Crippen LogP contribution in [-0.4, -0.2) is 0 Å². The van der Waals surface area contributed by atoms with Crippen LogP contribution in [-0.2, 0) is 0 Å². The molecule has 16 heavy (non-hydrogen) atoms. The summed E-state index contributed by atoms with van der Waals surface area (Å²) in [5.41, 5.74) is 2.97. The van der Waals surface area contributed by atoms with E-state index in [1.54, 1.807) is 0 Å². The first-order valence-corrected chi connectivity index (χ1v) is 6.05. The largest absolute Gasteiger partial charge is 0.0732 e. The molecule has 0 aromatic carbocycles. The average molecular weight is 208 g/mol. The van der Waals surface area contributed by atoms with Crippen molar-refractivity contribution in [3.8, 4) is 0 Å². The third kappa shape index (κ3) is 1.65. The molecule has 0 heterocycles. The van der Waals surface area contributed by atoms with E-state index >= 15 is 0 Å². The molecule has 0 aromatic rings. The second-order valence-electron chi connectivity index (χ2n) is 4.61. The Bertz CT molecular complexity index is 452. The Morgan fingerprint density at radius 3 is 2.31 bits per heavy atom. The van der Waals surface area contributed by atoms with Gasteiger partial charge in [0.25, 0.3) is 0 Å². The fourth-order valence-corrected chi connectivity index (χ4v) is 2.66. The normalized spacial score (nSPS) is 40.2. The van der Waals surface area contributed by atoms with Gasteiger partial charge in [0.2, 0.25) is 0 Å². The van der Waals surface area contributed by atoms with Gasteiger partial charge in [-0.05, 0) is 35.8 Å². The number of hydrogen-bond donors (Lipinski definition) is 0. The standard InChI is InChI=1S/C16H16/c1-2-4-6-8-13-12-14-10-11-16(14)15(13)9-7-5-3-1/h1-9,12,14,16H,10-11H2/b3-1-,4-2-,7-5-,8-6?,15-9+. The molecule has 0 spiro atoms. The molecule has 0 radical (unpaired) electrons. The van der Waals surface area contributed by atoms with E-state index in [0.29, 0.717) is 0 Å². The van der Waals surface area contributed by atoms with Crippen LogP contribution in [0.4, 0.5) is 0 Å². The quantitative estimate of drug-likeness (QED) is 0.562. The second kappa shape index (κ2) is 4.13. The van der Waals surface area contributed by atoms with Crippen molar-refractivity contribution >= 4 is 0 Å². The molecule has 1 saturated carbocycles. The number of allylic oxidation sites excluding steroid dienone is 12. The lowest BCUT2D eigenvalue weighted by Gasteiger charge is -2.30. The molecule has 3 rings (SSSR count). The Labute approximate surface area is 97.1 Å². The third-order valence-electron chi connectivity index (χ3n) is 3.67. The van der Waals surface area contributed by atoms with E-state index in [9.17, 15) is 0 Å². The predicted octanol–water partition coefficient (Wildman–Crippen LogP) is 4.12. The smallest absolute Gasteiger partial charge is 0.00926 e. The van der Waals surface area contributed by atoms with E-state index in [2.05, 4.69) is 60.8 Å². The van der Waals surface area contributed by atoms with Gasteiger partial charge in [-0.15, -0.1) is 0 Å². The molecule has 0 N–H and O–H groups in total. The first-order chi connectivity index (χ1) is 7.95. The van der Waals surface area contributed by atoms with E-state index < -0.39 is 0 Å². The molecular weight excluding hydrogens is 192 g/mol. The Morgan fingerprint density at radius 2 is 1.56 bits per heavy atom. The number of hydrogen-bond acceptors (Lipinski definition) is 0. The molecule has 0 amide bonds. The van der Waals surface area contributed by atoms with Crippen LogP contribution in [0.3, 0.4) is 0 Å². The molecule has 0 nitrogen and oxygen atoms in total. The molecule has 0 saturated heterocycles. The van der Waals surface area contributed by atoms with E-state index in [1.807, 2.05) is 0 Å². The molecule has 3 aliphatic carbocycles. The zero-order chi connectivity index (χ0) is 10.8. The Balaban J connectivity index is 1.97. The lowest BCUT2D eigenvalue weighted by molar-refractivity contribution is 0.290. The Kier molecular flexibility index (Phi) is 2.49. The van der Waals surface area contributed by atoms with Crippen molar-refractivity contribution in [2.45, 2.75) is 12.8 Å². The van der Waals surface area contributed by atoms with Crippen LogP contribution in [0.25, 0.3) is 0 Å². The fraction of sp³-hybridized carbons (Fsp3) is 0.250. The van der Waals surface area contributed by atoms with Crippen LogP contribution in [0.15, 0.2) is 71.9 Å². The number of fused-ring (bicyclic) bond motifs is 3. The van der Waals surface area contributed by atoms with Gasteiger partial charge < -0.3 is 0 Å². The minimum Gasteiger partial charge on any atom is -0.0732 e. The second-order valence-corrected chi connectivity index (χ2v) is 4.61. The average Bonchev–Trinajstić information content (AvgIpc) is 2.46. The summed E-state index contributed by atoms with van der Waals surface area (Å²) in [6.07, 6.45) is 24.4. The van der Waals surface area contributed by atoms with Gasteiger partial charge >= 0.3 is 0 Å². The summed E-state index contributed by atoms with van der Waals surface area (Å²) in [7, 11) is 0. The molecular formula is C16H16. The van der Waals surface area contributed by atoms with E-state index in [1.165, 1.54) is 24.0 Å². The highest BCUT2D eigenvalue weighted by Gasteiger charge is 2.37. The van der Waals surface area contributed by atoms with Crippen molar-refractivity contribution in [2.24, 2.45) is 11.8 Å². The van der Waals surface area contributed by atoms with Crippen molar-refractivity contribution in [1.82, 2.24) is 0 Å². The minimum atomic E-state index is 0.804. The molecule has 0 aromatic heterocycles. The topological polar surface area (TPSA) is 0 Å². The summed E-state index contributed by atoms with van der Waals surface area (Å²) < 4.78 is 0. The van der Waals surface area contributed by atoms with Crippen molar-refractivity contribution in [2.75, 3.05) is 0 Å². The Hall–Kier alpha value is -1.56. The van der Waals surface area contributed by atoms with E-state index in [0.717, 1.165) is 11.8 Å². The summed E-state index contributed by atoms with van der Waals surface area (Å²) in [6.45, 7) is 0. The van der Waals surface area contributed by atoms with Crippen molar-refractivity contribution < 1.29 is 0 Å². The van der Waals surface area contributed by atoms with Gasteiger partial charge in [-0.2, -0.15) is 0 Å². The summed E-state index contributed by atoms with van der Waals surface area (Å²) in [5, 5.41) is 0. The molecule has 1 fully saturated rings. The highest BCUT2D eigenvalue weighted by molar-refractivity contribution is 5.50. The van der Waals surface area contributed by atoms with Crippen LogP contribution in [0.5, 0.6) is 0 Å². The molecule has 3 aliphatic rings. The van der Waals surface area contributed by atoms with Crippen LogP contribution < -0.4 is 0 Å². The fourth-order valence-electron chi connectivity index (χ4n) is 2.66. The van der Waals surface area contributed by atoms with Crippen molar-refractivity contribution in [1.29, 1.82) is 0 Å². The third-order valence-corrected chi connectivity index (χ3v) is 3.67. The molecule has 0 heteroatoms. The monoisotopic (exact) mass is 208 g/mol. The van der Waals surface area contributed by atoms with Crippen molar-refractivity contribution in [3.63, 3.8) is 0 Å². The summed E-state index contributed by atoms with van der Waals surface area (Å²) >= 11 is 0. The number of rotatable bonds is 0. The zero-order valence-electron chi connectivity index (χ0n) is 9.34. The van der Waals surface area contributed by atoms with Gasteiger partial charge in [-0.25, -0.2) is 0 Å². The van der Waals surface area contributed by atoms with E-state index in [-0.39, 0.29) is 0 Å². The van der Waals surface area contributed by atoms with Gasteiger partial charge in [0.05, 0.1) is 0 Å². The lowest BCUT2D eigenvalue weighted by atomic mass is 9.74. The van der Waals surface area contributed by atoms with Crippen LogP contribution >= 0.6 is 0 Å². The molecule has 0 bridgehead atoms. The molecule has 80 valence electrons. The molecule has 2 unspecified atom stereocenters. The van der Waals surface area contributed by atoms with Gasteiger partial charge in [-0.1, -0.05) is 60.8 Å². The first kappa shape index (κ1) is 9.65. The SMILES string of the molecule is C1=CC2=CC3CCC3/C2=C/C=C\C=C/C=C\1. The summed E-state index contributed by atoms with van der Waals surface area (Å²) in [4.78, 5) is 0. The highest BCUT2D eigenvalue weighted by atomic mass is 14.4. The summed E-state index contributed by atoms with van der Waals surface area (Å²) in [5.74, 6) is 1.62. The summed E-state index contributed by atoms with van der Waals surface area (Å²) in [6, 6.07) is 0. The van der Waals surface area contributed by atoms with Crippen LogP contribution in [0.1, 0.15) is 12.8 Å². The maximum absolute atomic E-state index is 2.45. The Morgan fingerprint density at radius 1 is 0.812 bits per heavy atom. The minimum absolute atomic E-state index is 0.804.